The largest absolute Gasteiger partial charge is 0.334 e. The van der Waals surface area contributed by atoms with Crippen molar-refractivity contribution in [3.05, 3.63) is 64.7 Å². The van der Waals surface area contributed by atoms with Crippen molar-refractivity contribution in [2.75, 3.05) is 5.32 Å². The first kappa shape index (κ1) is 14.1. The van der Waals surface area contributed by atoms with Gasteiger partial charge >= 0.3 is 6.03 Å². The number of urea groups is 1. The molecule has 3 nitrogen and oxygen atoms in total. The fourth-order valence-electron chi connectivity index (χ4n) is 2.04. The molecule has 0 bridgehead atoms. The van der Waals surface area contributed by atoms with Gasteiger partial charge in [-0.15, -0.1) is 0 Å². The lowest BCUT2D eigenvalue weighted by molar-refractivity contribution is 0.251. The van der Waals surface area contributed by atoms with Crippen molar-refractivity contribution in [2.45, 2.75) is 27.3 Å². The van der Waals surface area contributed by atoms with Crippen molar-refractivity contribution < 1.29 is 4.79 Å². The van der Waals surface area contributed by atoms with Gasteiger partial charge in [-0.05, 0) is 49.1 Å². The molecule has 0 saturated heterocycles. The highest BCUT2D eigenvalue weighted by Gasteiger charge is 2.06. The molecule has 104 valence electrons. The van der Waals surface area contributed by atoms with Crippen LogP contribution in [0.4, 0.5) is 10.5 Å². The van der Waals surface area contributed by atoms with Gasteiger partial charge in [0.05, 0.1) is 0 Å². The van der Waals surface area contributed by atoms with Crippen LogP contribution >= 0.6 is 0 Å². The van der Waals surface area contributed by atoms with E-state index in [0.29, 0.717) is 6.54 Å². The molecule has 20 heavy (non-hydrogen) atoms. The average Bonchev–Trinajstić information content (AvgIpc) is 2.43. The molecule has 2 aromatic rings. The Hall–Kier alpha value is -2.29. The Morgan fingerprint density at radius 1 is 0.950 bits per heavy atom. The molecular weight excluding hydrogens is 248 g/mol. The highest BCUT2D eigenvalue weighted by atomic mass is 16.2. The van der Waals surface area contributed by atoms with Crippen LogP contribution in [0.15, 0.2) is 42.5 Å². The number of anilines is 1. The summed E-state index contributed by atoms with van der Waals surface area (Å²) < 4.78 is 0. The summed E-state index contributed by atoms with van der Waals surface area (Å²) in [6, 6.07) is 13.7. The van der Waals surface area contributed by atoms with Gasteiger partial charge in [-0.1, -0.05) is 36.4 Å². The number of carbonyl (C=O) groups is 1. The van der Waals surface area contributed by atoms with E-state index in [9.17, 15) is 4.79 Å². The van der Waals surface area contributed by atoms with Crippen LogP contribution in [0.1, 0.15) is 22.3 Å². The first-order valence-electron chi connectivity index (χ1n) is 6.73. The maximum Gasteiger partial charge on any atom is 0.319 e. The summed E-state index contributed by atoms with van der Waals surface area (Å²) in [4.78, 5) is 11.9. The van der Waals surface area contributed by atoms with E-state index in [0.717, 1.165) is 16.8 Å². The molecule has 0 fully saturated rings. The van der Waals surface area contributed by atoms with E-state index in [1.807, 2.05) is 63.2 Å². The molecule has 2 rings (SSSR count). The van der Waals surface area contributed by atoms with E-state index >= 15 is 0 Å². The summed E-state index contributed by atoms with van der Waals surface area (Å²) in [5.41, 5.74) is 5.43. The van der Waals surface area contributed by atoms with Crippen LogP contribution in [0.3, 0.4) is 0 Å². The number of rotatable bonds is 3. The molecule has 0 aliphatic heterocycles. The molecule has 0 aromatic heterocycles. The van der Waals surface area contributed by atoms with Gasteiger partial charge in [0.2, 0.25) is 0 Å². The Labute approximate surface area is 120 Å². The lowest BCUT2D eigenvalue weighted by Gasteiger charge is -2.12. The van der Waals surface area contributed by atoms with Crippen molar-refractivity contribution in [1.82, 2.24) is 5.32 Å². The van der Waals surface area contributed by atoms with E-state index in [1.54, 1.807) is 0 Å². The molecule has 0 heterocycles. The molecule has 0 aliphatic carbocycles. The van der Waals surface area contributed by atoms with Crippen LogP contribution in [0.25, 0.3) is 0 Å². The number of amides is 2. The normalized spacial score (nSPS) is 10.2. The summed E-state index contributed by atoms with van der Waals surface area (Å²) in [6.07, 6.45) is 0. The van der Waals surface area contributed by atoms with Gasteiger partial charge in [-0.2, -0.15) is 0 Å². The number of carbonyl (C=O) groups excluding carboxylic acids is 1. The Bertz CT molecular complexity index is 620. The molecule has 3 heteroatoms. The molecule has 2 aromatic carbocycles. The zero-order valence-electron chi connectivity index (χ0n) is 12.2. The number of aryl methyl sites for hydroxylation is 2. The minimum Gasteiger partial charge on any atom is -0.334 e. The van der Waals surface area contributed by atoms with Crippen molar-refractivity contribution >= 4 is 11.7 Å². The van der Waals surface area contributed by atoms with E-state index in [4.69, 9.17) is 0 Å². The topological polar surface area (TPSA) is 41.1 Å². The van der Waals surface area contributed by atoms with Crippen molar-refractivity contribution in [3.8, 4) is 0 Å². The first-order valence-corrected chi connectivity index (χ1v) is 6.73. The van der Waals surface area contributed by atoms with Crippen LogP contribution in [0.2, 0.25) is 0 Å². The summed E-state index contributed by atoms with van der Waals surface area (Å²) >= 11 is 0. The van der Waals surface area contributed by atoms with Crippen molar-refractivity contribution in [2.24, 2.45) is 0 Å². The van der Waals surface area contributed by atoms with Gasteiger partial charge in [0.15, 0.2) is 0 Å². The maximum absolute atomic E-state index is 11.9. The van der Waals surface area contributed by atoms with Gasteiger partial charge in [-0.25, -0.2) is 4.79 Å². The van der Waals surface area contributed by atoms with E-state index in [1.165, 1.54) is 11.1 Å². The molecule has 2 amide bonds. The van der Waals surface area contributed by atoms with E-state index < -0.39 is 0 Å². The van der Waals surface area contributed by atoms with Gasteiger partial charge in [0.25, 0.3) is 0 Å². The maximum atomic E-state index is 11.9. The minimum absolute atomic E-state index is 0.179. The summed E-state index contributed by atoms with van der Waals surface area (Å²) in [7, 11) is 0. The lowest BCUT2D eigenvalue weighted by atomic mass is 10.1. The molecular formula is C17H20N2O. The fraction of sp³-hybridized carbons (Fsp3) is 0.235. The minimum atomic E-state index is -0.179. The lowest BCUT2D eigenvalue weighted by Crippen LogP contribution is -2.28. The summed E-state index contributed by atoms with van der Waals surface area (Å²) in [5, 5.41) is 5.78. The second kappa shape index (κ2) is 6.24. The second-order valence-electron chi connectivity index (χ2n) is 4.98. The summed E-state index contributed by atoms with van der Waals surface area (Å²) in [5.74, 6) is 0. The second-order valence-corrected chi connectivity index (χ2v) is 4.98. The van der Waals surface area contributed by atoms with E-state index in [-0.39, 0.29) is 6.03 Å². The monoisotopic (exact) mass is 268 g/mol. The molecule has 0 saturated carbocycles. The van der Waals surface area contributed by atoms with Crippen LogP contribution in [-0.2, 0) is 6.54 Å². The number of benzene rings is 2. The quantitative estimate of drug-likeness (QED) is 0.870. The Morgan fingerprint density at radius 2 is 1.65 bits per heavy atom. The molecule has 0 spiro atoms. The highest BCUT2D eigenvalue weighted by Crippen LogP contribution is 2.17. The predicted octanol–water partition coefficient (Wildman–Crippen LogP) is 3.93. The van der Waals surface area contributed by atoms with Crippen molar-refractivity contribution in [3.63, 3.8) is 0 Å². The Morgan fingerprint density at radius 3 is 2.40 bits per heavy atom. The highest BCUT2D eigenvalue weighted by molar-refractivity contribution is 5.90. The molecule has 0 radical (unpaired) electrons. The van der Waals surface area contributed by atoms with E-state index in [2.05, 4.69) is 10.6 Å². The fourth-order valence-corrected chi connectivity index (χ4v) is 2.04. The van der Waals surface area contributed by atoms with Gasteiger partial charge < -0.3 is 10.6 Å². The predicted molar refractivity (Wildman–Crippen MR) is 83.0 cm³/mol. The SMILES string of the molecule is Cc1ccccc1CNC(=O)Nc1cccc(C)c1C. The Balaban J connectivity index is 1.96. The number of hydrogen-bond acceptors (Lipinski definition) is 1. The molecule has 2 N–H and O–H groups in total. The smallest absolute Gasteiger partial charge is 0.319 e. The van der Waals surface area contributed by atoms with Crippen LogP contribution in [0.5, 0.6) is 0 Å². The third-order valence-corrected chi connectivity index (χ3v) is 3.55. The number of hydrogen-bond donors (Lipinski definition) is 2. The molecule has 0 aliphatic rings. The van der Waals surface area contributed by atoms with Gasteiger partial charge in [0, 0.05) is 12.2 Å². The third kappa shape index (κ3) is 3.38. The number of nitrogens with one attached hydrogen (secondary N) is 2. The van der Waals surface area contributed by atoms with Crippen molar-refractivity contribution in [1.29, 1.82) is 0 Å². The van der Waals surface area contributed by atoms with Gasteiger partial charge in [0.1, 0.15) is 0 Å². The molecule has 0 unspecified atom stereocenters. The first-order chi connectivity index (χ1) is 9.58. The van der Waals surface area contributed by atoms with Crippen LogP contribution in [-0.4, -0.2) is 6.03 Å². The average molecular weight is 268 g/mol. The zero-order chi connectivity index (χ0) is 14.5. The third-order valence-electron chi connectivity index (χ3n) is 3.55. The molecule has 0 atom stereocenters. The van der Waals surface area contributed by atoms with Crippen LogP contribution < -0.4 is 10.6 Å². The van der Waals surface area contributed by atoms with Crippen LogP contribution in [0, 0.1) is 20.8 Å². The zero-order valence-corrected chi connectivity index (χ0v) is 12.2. The van der Waals surface area contributed by atoms with Gasteiger partial charge in [-0.3, -0.25) is 0 Å². The Kier molecular flexibility index (Phi) is 4.41. The summed E-state index contributed by atoms with van der Waals surface area (Å²) in [6.45, 7) is 6.61. The standard InChI is InChI=1S/C17H20N2O/c1-12-8-6-10-16(14(12)3)19-17(20)18-11-15-9-5-4-7-13(15)2/h4-10H,11H2,1-3H3,(H2,18,19,20).